The van der Waals surface area contributed by atoms with Crippen LogP contribution in [0.4, 0.5) is 5.69 Å². The topological polar surface area (TPSA) is 66.9 Å². The molecule has 0 bridgehead atoms. The normalized spacial score (nSPS) is 16.0. The summed E-state index contributed by atoms with van der Waals surface area (Å²) in [4.78, 5) is 46.0. The first-order valence-corrected chi connectivity index (χ1v) is 15.0. The Hall–Kier alpha value is -3.66. The summed E-state index contributed by atoms with van der Waals surface area (Å²) < 4.78 is 6.52. The van der Waals surface area contributed by atoms with Crippen LogP contribution in [0.1, 0.15) is 45.0 Å². The predicted molar refractivity (Wildman–Crippen MR) is 156 cm³/mol. The molecule has 3 heterocycles. The molecule has 2 aliphatic heterocycles. The van der Waals surface area contributed by atoms with Gasteiger partial charge in [0.1, 0.15) is 15.6 Å². The standard InChI is InChI=1S/C30H24N2O4S3/c1-30(2)25-23(29(37)39-38-25)20-14-9-15-22(36-3)24(20)32(30)28(35)21(16-17-10-5-4-6-11-17)31-26(33)18-12-7-8-13-19(18)27(31)34/h4-15,21H,16H2,1-3H3/t21-/m1/s1. The zero-order valence-corrected chi connectivity index (χ0v) is 23.9. The number of benzene rings is 3. The minimum absolute atomic E-state index is 0.175. The summed E-state index contributed by atoms with van der Waals surface area (Å²) in [5, 5.41) is 0. The van der Waals surface area contributed by atoms with Crippen LogP contribution in [0.3, 0.4) is 0 Å². The van der Waals surface area contributed by atoms with Crippen molar-refractivity contribution in [1.29, 1.82) is 0 Å². The van der Waals surface area contributed by atoms with E-state index in [1.54, 1.807) is 46.6 Å². The minimum atomic E-state index is -1.08. The molecule has 3 amide bonds. The van der Waals surface area contributed by atoms with Crippen LogP contribution < -0.4 is 9.64 Å². The zero-order chi connectivity index (χ0) is 27.5. The molecule has 6 rings (SSSR count). The Balaban J connectivity index is 1.55. The molecular weight excluding hydrogens is 549 g/mol. The van der Waals surface area contributed by atoms with Gasteiger partial charge in [0, 0.05) is 17.5 Å². The summed E-state index contributed by atoms with van der Waals surface area (Å²) in [5.74, 6) is -0.774. The van der Waals surface area contributed by atoms with Crippen molar-refractivity contribution in [3.05, 3.63) is 98.2 Å². The molecule has 39 heavy (non-hydrogen) atoms. The lowest BCUT2D eigenvalue weighted by Gasteiger charge is -2.45. The molecule has 0 radical (unpaired) electrons. The van der Waals surface area contributed by atoms with E-state index >= 15 is 0 Å². The molecule has 1 aromatic heterocycles. The van der Waals surface area contributed by atoms with Crippen LogP contribution in [-0.2, 0) is 16.8 Å². The number of methoxy groups -OCH3 is 1. The summed E-state index contributed by atoms with van der Waals surface area (Å²) >= 11 is 5.72. The number of hydrogen-bond donors (Lipinski definition) is 0. The SMILES string of the molecule is COc1cccc2c1N(C(=O)[C@@H](Cc1ccccc1)N1C(=O)c3ccccc3C1=O)C(C)(C)c1ssc(=S)c1-2. The van der Waals surface area contributed by atoms with Gasteiger partial charge in [-0.3, -0.25) is 24.2 Å². The first-order valence-electron chi connectivity index (χ1n) is 12.4. The summed E-state index contributed by atoms with van der Waals surface area (Å²) in [6.45, 7) is 3.94. The summed E-state index contributed by atoms with van der Waals surface area (Å²) in [7, 11) is 4.62. The third kappa shape index (κ3) is 3.87. The highest BCUT2D eigenvalue weighted by Crippen LogP contribution is 2.55. The molecule has 0 saturated carbocycles. The van der Waals surface area contributed by atoms with Gasteiger partial charge in [-0.25, -0.2) is 0 Å². The van der Waals surface area contributed by atoms with Gasteiger partial charge >= 0.3 is 0 Å². The number of nitrogens with zero attached hydrogens (tertiary/aromatic N) is 2. The molecule has 0 fully saturated rings. The predicted octanol–water partition coefficient (Wildman–Crippen LogP) is 6.70. The number of hydrogen-bond acceptors (Lipinski definition) is 7. The van der Waals surface area contributed by atoms with E-state index in [1.165, 1.54) is 10.3 Å². The van der Waals surface area contributed by atoms with E-state index in [-0.39, 0.29) is 12.3 Å². The monoisotopic (exact) mass is 572 g/mol. The number of para-hydroxylation sites is 1. The average Bonchev–Trinajstić information content (AvgIpc) is 3.45. The van der Waals surface area contributed by atoms with E-state index in [4.69, 9.17) is 17.0 Å². The average molecular weight is 573 g/mol. The lowest BCUT2D eigenvalue weighted by molar-refractivity contribution is -0.123. The van der Waals surface area contributed by atoms with Crippen molar-refractivity contribution in [2.24, 2.45) is 0 Å². The van der Waals surface area contributed by atoms with E-state index in [0.717, 1.165) is 30.3 Å². The van der Waals surface area contributed by atoms with E-state index in [2.05, 4.69) is 0 Å². The third-order valence-corrected chi connectivity index (χ3v) is 10.7. The summed E-state index contributed by atoms with van der Waals surface area (Å²) in [6.07, 6.45) is 0.175. The molecule has 1 atom stereocenters. The van der Waals surface area contributed by atoms with Gasteiger partial charge in [-0.1, -0.05) is 87.5 Å². The van der Waals surface area contributed by atoms with Gasteiger partial charge in [-0.2, -0.15) is 0 Å². The van der Waals surface area contributed by atoms with Crippen LogP contribution >= 0.6 is 32.9 Å². The number of fused-ring (bicyclic) bond motifs is 4. The molecular formula is C30H24N2O4S3. The Labute approximate surface area is 238 Å². The van der Waals surface area contributed by atoms with Crippen LogP contribution in [0.15, 0.2) is 72.8 Å². The van der Waals surface area contributed by atoms with E-state index < -0.39 is 23.4 Å². The summed E-state index contributed by atoms with van der Waals surface area (Å²) in [5.41, 5.74) is 2.97. The molecule has 3 aromatic carbocycles. The molecule has 6 nitrogen and oxygen atoms in total. The molecule has 0 aliphatic carbocycles. The maximum atomic E-state index is 14.9. The van der Waals surface area contributed by atoms with Gasteiger partial charge in [0.25, 0.3) is 17.7 Å². The number of amides is 3. The molecule has 4 aromatic rings. The molecule has 0 spiro atoms. The van der Waals surface area contributed by atoms with Crippen molar-refractivity contribution < 1.29 is 19.1 Å². The molecule has 196 valence electrons. The number of anilines is 1. The highest BCUT2D eigenvalue weighted by Gasteiger charge is 2.50. The lowest BCUT2D eigenvalue weighted by Crippen LogP contribution is -2.57. The van der Waals surface area contributed by atoms with E-state index in [0.29, 0.717) is 22.6 Å². The Morgan fingerprint density at radius 1 is 0.897 bits per heavy atom. The number of imide groups is 1. The Morgan fingerprint density at radius 2 is 1.51 bits per heavy atom. The lowest BCUT2D eigenvalue weighted by atomic mass is 9.86. The second-order valence-corrected chi connectivity index (χ2v) is 12.8. The Morgan fingerprint density at radius 3 is 2.15 bits per heavy atom. The molecule has 2 aliphatic rings. The largest absolute Gasteiger partial charge is 0.495 e. The Kier molecular flexibility index (Phi) is 6.25. The highest BCUT2D eigenvalue weighted by molar-refractivity contribution is 7.80. The number of carbonyl (C=O) groups excluding carboxylic acids is 3. The van der Waals surface area contributed by atoms with Crippen molar-refractivity contribution in [3.63, 3.8) is 0 Å². The maximum absolute atomic E-state index is 14.9. The van der Waals surface area contributed by atoms with Crippen LogP contribution in [0.5, 0.6) is 5.75 Å². The van der Waals surface area contributed by atoms with Crippen LogP contribution in [-0.4, -0.2) is 35.8 Å². The second kappa shape index (κ2) is 9.51. The zero-order valence-electron chi connectivity index (χ0n) is 21.5. The van der Waals surface area contributed by atoms with Crippen molar-refractivity contribution >= 4 is 56.3 Å². The Bertz CT molecular complexity index is 1670. The van der Waals surface area contributed by atoms with Crippen LogP contribution in [0, 0.1) is 3.82 Å². The van der Waals surface area contributed by atoms with Crippen molar-refractivity contribution in [2.75, 3.05) is 12.0 Å². The van der Waals surface area contributed by atoms with Gasteiger partial charge < -0.3 is 4.74 Å². The fourth-order valence-electron chi connectivity index (χ4n) is 5.55. The van der Waals surface area contributed by atoms with Gasteiger partial charge in [0.05, 0.1) is 34.3 Å². The quantitative estimate of drug-likeness (QED) is 0.151. The third-order valence-electron chi connectivity index (χ3n) is 7.37. The fraction of sp³-hybridized carbons (Fsp3) is 0.200. The van der Waals surface area contributed by atoms with Crippen LogP contribution in [0.25, 0.3) is 11.1 Å². The maximum Gasteiger partial charge on any atom is 0.262 e. The fourth-order valence-corrected chi connectivity index (χ4v) is 8.83. The minimum Gasteiger partial charge on any atom is -0.495 e. The first kappa shape index (κ1) is 25.6. The van der Waals surface area contributed by atoms with E-state index in [9.17, 15) is 14.4 Å². The van der Waals surface area contributed by atoms with Crippen molar-refractivity contribution in [3.8, 4) is 16.9 Å². The first-order chi connectivity index (χ1) is 18.8. The van der Waals surface area contributed by atoms with Crippen LogP contribution in [0.2, 0.25) is 0 Å². The van der Waals surface area contributed by atoms with Crippen molar-refractivity contribution in [1.82, 2.24) is 4.90 Å². The molecule has 0 unspecified atom stereocenters. The highest BCUT2D eigenvalue weighted by atomic mass is 32.9. The van der Waals surface area contributed by atoms with Gasteiger partial charge in [0.2, 0.25) is 0 Å². The molecule has 0 saturated heterocycles. The number of carbonyl (C=O) groups is 3. The second-order valence-electron chi connectivity index (χ2n) is 9.98. The number of ether oxygens (including phenoxy) is 1. The van der Waals surface area contributed by atoms with Gasteiger partial charge in [-0.05, 0) is 37.6 Å². The van der Waals surface area contributed by atoms with Gasteiger partial charge in [0.15, 0.2) is 0 Å². The number of rotatable bonds is 5. The molecule has 9 heteroatoms. The van der Waals surface area contributed by atoms with Crippen molar-refractivity contribution in [2.45, 2.75) is 31.8 Å². The van der Waals surface area contributed by atoms with Gasteiger partial charge in [-0.15, -0.1) is 0 Å². The summed E-state index contributed by atoms with van der Waals surface area (Å²) in [6, 6.07) is 20.7. The molecule has 0 N–H and O–H groups in total. The smallest absolute Gasteiger partial charge is 0.262 e. The van der Waals surface area contributed by atoms with E-state index in [1.807, 2.05) is 62.4 Å².